The van der Waals surface area contributed by atoms with E-state index in [2.05, 4.69) is 10.1 Å². The highest BCUT2D eigenvalue weighted by molar-refractivity contribution is 7.85. The molecular weight excluding hydrogens is 286 g/mol. The molecule has 110 valence electrons. The molecule has 7 nitrogen and oxygen atoms in total. The molecule has 0 heterocycles. The van der Waals surface area contributed by atoms with Crippen molar-refractivity contribution in [3.8, 4) is 0 Å². The lowest BCUT2D eigenvalue weighted by molar-refractivity contribution is -0.142. The fraction of sp³-hybridized carbons (Fsp3) is 0.333. The van der Waals surface area contributed by atoms with Crippen molar-refractivity contribution in [3.05, 3.63) is 35.9 Å². The zero-order valence-corrected chi connectivity index (χ0v) is 11.6. The van der Waals surface area contributed by atoms with Gasteiger partial charge in [-0.05, 0) is 18.6 Å². The highest BCUT2D eigenvalue weighted by Crippen LogP contribution is 2.03. The molecule has 0 unspecified atom stereocenters. The van der Waals surface area contributed by atoms with Crippen molar-refractivity contribution in [2.24, 2.45) is 0 Å². The van der Waals surface area contributed by atoms with Crippen LogP contribution >= 0.6 is 0 Å². The standard InChI is InChI=1S/C12H15NO6S/c1-19-12(15)10(7-8-20(16,17)18)13-11(14)9-5-3-2-4-6-9/h2-6,10H,7-8H2,1H3,(H,13,14)(H,16,17,18)/t10-/m0/s1. The minimum absolute atomic E-state index is 0.274. The number of methoxy groups -OCH3 is 1. The van der Waals surface area contributed by atoms with Gasteiger partial charge in [0.2, 0.25) is 0 Å². The molecule has 8 heteroatoms. The molecule has 1 amide bonds. The second-order valence-electron chi connectivity index (χ2n) is 3.99. The predicted octanol–water partition coefficient (Wildman–Crippen LogP) is 0.236. The zero-order chi connectivity index (χ0) is 15.2. The van der Waals surface area contributed by atoms with E-state index in [-0.39, 0.29) is 6.42 Å². The Morgan fingerprint density at radius 2 is 1.90 bits per heavy atom. The molecule has 0 saturated carbocycles. The summed E-state index contributed by atoms with van der Waals surface area (Å²) in [6, 6.07) is 6.99. The maximum Gasteiger partial charge on any atom is 0.328 e. The molecule has 0 aliphatic carbocycles. The Morgan fingerprint density at radius 3 is 2.40 bits per heavy atom. The molecule has 0 fully saturated rings. The van der Waals surface area contributed by atoms with E-state index in [0.29, 0.717) is 5.56 Å². The smallest absolute Gasteiger partial charge is 0.328 e. The van der Waals surface area contributed by atoms with Crippen molar-refractivity contribution >= 4 is 22.0 Å². The fourth-order valence-electron chi connectivity index (χ4n) is 1.49. The summed E-state index contributed by atoms with van der Waals surface area (Å²) in [6.45, 7) is 0. The van der Waals surface area contributed by atoms with Gasteiger partial charge in [-0.15, -0.1) is 0 Å². The molecule has 1 aromatic rings. The van der Waals surface area contributed by atoms with Crippen LogP contribution in [0.5, 0.6) is 0 Å². The van der Waals surface area contributed by atoms with Crippen LogP contribution in [0.15, 0.2) is 30.3 Å². The third-order valence-electron chi connectivity index (χ3n) is 2.49. The van der Waals surface area contributed by atoms with Crippen LogP contribution in [-0.2, 0) is 19.6 Å². The van der Waals surface area contributed by atoms with Gasteiger partial charge in [-0.2, -0.15) is 8.42 Å². The Balaban J connectivity index is 2.75. The first-order chi connectivity index (χ1) is 9.33. The second kappa shape index (κ2) is 7.01. The maximum absolute atomic E-state index is 11.9. The Bertz CT molecular complexity index is 569. The number of carbonyl (C=O) groups is 2. The van der Waals surface area contributed by atoms with Crippen LogP contribution in [0.25, 0.3) is 0 Å². The Morgan fingerprint density at radius 1 is 1.30 bits per heavy atom. The maximum atomic E-state index is 11.9. The van der Waals surface area contributed by atoms with Crippen molar-refractivity contribution in [2.75, 3.05) is 12.9 Å². The molecule has 0 spiro atoms. The average Bonchev–Trinajstić information content (AvgIpc) is 2.42. The third kappa shape index (κ3) is 5.37. The predicted molar refractivity (Wildman–Crippen MR) is 70.7 cm³/mol. The normalized spacial score (nSPS) is 12.5. The van der Waals surface area contributed by atoms with E-state index in [1.165, 1.54) is 0 Å². The Kier molecular flexibility index (Phi) is 5.66. The summed E-state index contributed by atoms with van der Waals surface area (Å²) < 4.78 is 34.6. The quantitative estimate of drug-likeness (QED) is 0.575. The molecule has 1 atom stereocenters. The fourth-order valence-corrected chi connectivity index (χ4v) is 2.02. The van der Waals surface area contributed by atoms with Gasteiger partial charge in [-0.25, -0.2) is 4.79 Å². The number of ether oxygens (including phenoxy) is 1. The molecule has 20 heavy (non-hydrogen) atoms. The first kappa shape index (κ1) is 16.1. The van der Waals surface area contributed by atoms with Gasteiger partial charge < -0.3 is 10.1 Å². The average molecular weight is 301 g/mol. The van der Waals surface area contributed by atoms with Crippen LogP contribution in [-0.4, -0.2) is 43.8 Å². The molecule has 0 aromatic heterocycles. The summed E-state index contributed by atoms with van der Waals surface area (Å²) in [6.07, 6.45) is -0.274. The Labute approximate surface area is 116 Å². The molecule has 1 rings (SSSR count). The summed E-state index contributed by atoms with van der Waals surface area (Å²) in [4.78, 5) is 23.4. The number of benzene rings is 1. The topological polar surface area (TPSA) is 110 Å². The molecule has 0 aliphatic rings. The van der Waals surface area contributed by atoms with Crippen LogP contribution in [0.2, 0.25) is 0 Å². The molecule has 2 N–H and O–H groups in total. The van der Waals surface area contributed by atoms with E-state index < -0.39 is 33.8 Å². The van der Waals surface area contributed by atoms with Crippen LogP contribution in [0.1, 0.15) is 16.8 Å². The van der Waals surface area contributed by atoms with Gasteiger partial charge in [-0.1, -0.05) is 18.2 Å². The van der Waals surface area contributed by atoms with Crippen molar-refractivity contribution in [1.29, 1.82) is 0 Å². The van der Waals surface area contributed by atoms with Gasteiger partial charge in [-0.3, -0.25) is 9.35 Å². The zero-order valence-electron chi connectivity index (χ0n) is 10.8. The highest BCUT2D eigenvalue weighted by Gasteiger charge is 2.24. The number of hydrogen-bond donors (Lipinski definition) is 2. The summed E-state index contributed by atoms with van der Waals surface area (Å²) in [5, 5.41) is 2.37. The number of nitrogens with one attached hydrogen (secondary N) is 1. The lowest BCUT2D eigenvalue weighted by Crippen LogP contribution is -2.42. The molecule has 0 bridgehead atoms. The van der Waals surface area contributed by atoms with Crippen LogP contribution in [0.3, 0.4) is 0 Å². The minimum Gasteiger partial charge on any atom is -0.467 e. The van der Waals surface area contributed by atoms with Gasteiger partial charge in [0, 0.05) is 5.56 Å². The molecule has 1 aromatic carbocycles. The number of carbonyl (C=O) groups excluding carboxylic acids is 2. The van der Waals surface area contributed by atoms with E-state index in [0.717, 1.165) is 7.11 Å². The molecule has 0 aliphatic heterocycles. The SMILES string of the molecule is COC(=O)[C@H](CCS(=O)(=O)O)NC(=O)c1ccccc1. The van der Waals surface area contributed by atoms with Gasteiger partial charge >= 0.3 is 5.97 Å². The first-order valence-electron chi connectivity index (χ1n) is 5.72. The van der Waals surface area contributed by atoms with Gasteiger partial charge in [0.05, 0.1) is 12.9 Å². The van der Waals surface area contributed by atoms with Crippen LogP contribution in [0.4, 0.5) is 0 Å². The van der Waals surface area contributed by atoms with E-state index in [1.54, 1.807) is 30.3 Å². The number of hydrogen-bond acceptors (Lipinski definition) is 5. The minimum atomic E-state index is -4.22. The first-order valence-corrected chi connectivity index (χ1v) is 7.33. The molecular formula is C12H15NO6S. The van der Waals surface area contributed by atoms with Crippen molar-refractivity contribution in [3.63, 3.8) is 0 Å². The third-order valence-corrected chi connectivity index (χ3v) is 3.24. The van der Waals surface area contributed by atoms with E-state index in [4.69, 9.17) is 4.55 Å². The molecule has 0 radical (unpaired) electrons. The lowest BCUT2D eigenvalue weighted by atomic mass is 10.1. The van der Waals surface area contributed by atoms with E-state index in [9.17, 15) is 18.0 Å². The van der Waals surface area contributed by atoms with E-state index >= 15 is 0 Å². The summed E-state index contributed by atoms with van der Waals surface area (Å²) >= 11 is 0. The number of esters is 1. The Hall–Kier alpha value is -1.93. The van der Waals surface area contributed by atoms with Gasteiger partial charge in [0.25, 0.3) is 16.0 Å². The number of rotatable bonds is 6. The monoisotopic (exact) mass is 301 g/mol. The lowest BCUT2D eigenvalue weighted by Gasteiger charge is -2.15. The summed E-state index contributed by atoms with van der Waals surface area (Å²) in [5.74, 6) is -1.96. The second-order valence-corrected chi connectivity index (χ2v) is 5.56. The molecule has 0 saturated heterocycles. The van der Waals surface area contributed by atoms with Gasteiger partial charge in [0.1, 0.15) is 6.04 Å². The van der Waals surface area contributed by atoms with E-state index in [1.807, 2.05) is 0 Å². The summed E-state index contributed by atoms with van der Waals surface area (Å²) in [5.41, 5.74) is 0.327. The van der Waals surface area contributed by atoms with Crippen molar-refractivity contribution in [1.82, 2.24) is 5.32 Å². The van der Waals surface area contributed by atoms with Crippen LogP contribution < -0.4 is 5.32 Å². The largest absolute Gasteiger partial charge is 0.467 e. The van der Waals surface area contributed by atoms with Gasteiger partial charge in [0.15, 0.2) is 0 Å². The number of amides is 1. The van der Waals surface area contributed by atoms with Crippen LogP contribution in [0, 0.1) is 0 Å². The van der Waals surface area contributed by atoms with Crippen molar-refractivity contribution in [2.45, 2.75) is 12.5 Å². The van der Waals surface area contributed by atoms with Crippen molar-refractivity contribution < 1.29 is 27.3 Å². The highest BCUT2D eigenvalue weighted by atomic mass is 32.2. The summed E-state index contributed by atoms with van der Waals surface area (Å²) in [7, 11) is -3.10.